The minimum atomic E-state index is -2.91. The summed E-state index contributed by atoms with van der Waals surface area (Å²) in [6, 6.07) is 13.8. The van der Waals surface area contributed by atoms with Gasteiger partial charge in [-0.2, -0.15) is 8.78 Å². The van der Waals surface area contributed by atoms with E-state index in [1.807, 2.05) is 32.3 Å². The highest BCUT2D eigenvalue weighted by molar-refractivity contribution is 9.10. The van der Waals surface area contributed by atoms with Crippen LogP contribution in [-0.4, -0.2) is 39.3 Å². The van der Waals surface area contributed by atoms with Gasteiger partial charge in [0.25, 0.3) is 0 Å². The van der Waals surface area contributed by atoms with Crippen molar-refractivity contribution in [2.45, 2.75) is 19.2 Å². The van der Waals surface area contributed by atoms with Gasteiger partial charge in [0.05, 0.1) is 11.6 Å². The van der Waals surface area contributed by atoms with Gasteiger partial charge < -0.3 is 19.7 Å². The largest absolute Gasteiger partial charge is 0.493 e. The smallest absolute Gasteiger partial charge is 0.387 e. The van der Waals surface area contributed by atoms with Crippen molar-refractivity contribution in [3.63, 3.8) is 0 Å². The molecule has 0 fully saturated rings. The van der Waals surface area contributed by atoms with Crippen LogP contribution >= 0.6 is 15.9 Å². The Morgan fingerprint density at radius 1 is 1.15 bits per heavy atom. The van der Waals surface area contributed by atoms with E-state index in [4.69, 9.17) is 4.74 Å². The first-order chi connectivity index (χ1) is 12.4. The van der Waals surface area contributed by atoms with E-state index in [9.17, 15) is 8.78 Å². The fraction of sp³-hybridized carbons (Fsp3) is 0.368. The van der Waals surface area contributed by atoms with E-state index in [2.05, 4.69) is 43.0 Å². The second kappa shape index (κ2) is 9.85. The van der Waals surface area contributed by atoms with Crippen LogP contribution in [-0.2, 0) is 6.54 Å². The van der Waals surface area contributed by atoms with E-state index in [1.165, 1.54) is 12.7 Å². The van der Waals surface area contributed by atoms with Crippen LogP contribution in [0.5, 0.6) is 11.5 Å². The molecular formula is C19H23BrF2N2O2. The van der Waals surface area contributed by atoms with Crippen LogP contribution in [0.4, 0.5) is 8.78 Å². The molecule has 0 heterocycles. The van der Waals surface area contributed by atoms with E-state index >= 15 is 0 Å². The SMILES string of the molecule is COc1cc(CNC(CN(C)C)c2ccccc2)cc(Br)c1OC(F)F. The maximum Gasteiger partial charge on any atom is 0.387 e. The van der Waals surface area contributed by atoms with E-state index in [1.54, 1.807) is 12.1 Å². The highest BCUT2D eigenvalue weighted by Gasteiger charge is 2.17. The third-order valence-corrected chi connectivity index (χ3v) is 4.39. The first kappa shape index (κ1) is 20.6. The van der Waals surface area contributed by atoms with E-state index in [0.717, 1.165) is 12.1 Å². The number of benzene rings is 2. The summed E-state index contributed by atoms with van der Waals surface area (Å²) >= 11 is 3.29. The number of nitrogens with one attached hydrogen (secondary N) is 1. The predicted octanol–water partition coefficient (Wildman–Crippen LogP) is 4.45. The second-order valence-corrected chi connectivity index (χ2v) is 6.95. The summed E-state index contributed by atoms with van der Waals surface area (Å²) in [5.41, 5.74) is 2.08. The second-order valence-electron chi connectivity index (χ2n) is 6.09. The molecule has 142 valence electrons. The number of nitrogens with zero attached hydrogens (tertiary/aromatic N) is 1. The van der Waals surface area contributed by atoms with Crippen molar-refractivity contribution in [3.8, 4) is 11.5 Å². The summed E-state index contributed by atoms with van der Waals surface area (Å²) < 4.78 is 35.3. The van der Waals surface area contributed by atoms with Crippen molar-refractivity contribution in [1.29, 1.82) is 0 Å². The first-order valence-corrected chi connectivity index (χ1v) is 8.94. The predicted molar refractivity (Wildman–Crippen MR) is 102 cm³/mol. The van der Waals surface area contributed by atoms with Gasteiger partial charge in [0.15, 0.2) is 11.5 Å². The normalized spacial score (nSPS) is 12.5. The maximum absolute atomic E-state index is 12.6. The average Bonchev–Trinajstić information content (AvgIpc) is 2.60. The molecule has 0 spiro atoms. The lowest BCUT2D eigenvalue weighted by molar-refractivity contribution is -0.0517. The van der Waals surface area contributed by atoms with Crippen molar-refractivity contribution >= 4 is 15.9 Å². The Balaban J connectivity index is 2.17. The number of alkyl halides is 2. The third kappa shape index (κ3) is 5.93. The van der Waals surface area contributed by atoms with E-state index < -0.39 is 6.61 Å². The van der Waals surface area contributed by atoms with Crippen molar-refractivity contribution in [2.75, 3.05) is 27.7 Å². The number of ether oxygens (including phenoxy) is 2. The minimum absolute atomic E-state index is 0.000786. The van der Waals surface area contributed by atoms with Crippen LogP contribution in [0.25, 0.3) is 0 Å². The van der Waals surface area contributed by atoms with E-state index in [-0.39, 0.29) is 17.5 Å². The molecule has 0 aliphatic carbocycles. The highest BCUT2D eigenvalue weighted by Crippen LogP contribution is 2.37. The number of halogens is 3. The minimum Gasteiger partial charge on any atom is -0.493 e. The molecule has 1 N–H and O–H groups in total. The van der Waals surface area contributed by atoms with Crippen LogP contribution in [0.15, 0.2) is 46.9 Å². The van der Waals surface area contributed by atoms with Crippen LogP contribution < -0.4 is 14.8 Å². The van der Waals surface area contributed by atoms with Gasteiger partial charge in [-0.1, -0.05) is 30.3 Å². The van der Waals surface area contributed by atoms with Crippen molar-refractivity contribution < 1.29 is 18.3 Å². The number of likely N-dealkylation sites (N-methyl/N-ethyl adjacent to an activating group) is 1. The highest BCUT2D eigenvalue weighted by atomic mass is 79.9. The van der Waals surface area contributed by atoms with Gasteiger partial charge in [0, 0.05) is 19.1 Å². The zero-order valence-electron chi connectivity index (χ0n) is 15.0. The van der Waals surface area contributed by atoms with Crippen LogP contribution in [0.2, 0.25) is 0 Å². The summed E-state index contributed by atoms with van der Waals surface area (Å²) in [7, 11) is 5.47. The molecule has 2 rings (SSSR count). The molecule has 1 atom stereocenters. The van der Waals surface area contributed by atoms with Crippen molar-refractivity contribution in [1.82, 2.24) is 10.2 Å². The van der Waals surface area contributed by atoms with Gasteiger partial charge in [0.2, 0.25) is 0 Å². The molecule has 2 aromatic rings. The molecule has 4 nitrogen and oxygen atoms in total. The molecule has 26 heavy (non-hydrogen) atoms. The number of hydrogen-bond donors (Lipinski definition) is 1. The van der Waals surface area contributed by atoms with Gasteiger partial charge in [-0.05, 0) is 53.3 Å². The molecule has 0 saturated heterocycles. The van der Waals surface area contributed by atoms with Gasteiger partial charge in [-0.15, -0.1) is 0 Å². The molecule has 0 amide bonds. The van der Waals surface area contributed by atoms with Crippen LogP contribution in [0, 0.1) is 0 Å². The molecule has 0 radical (unpaired) electrons. The number of rotatable bonds is 9. The summed E-state index contributed by atoms with van der Waals surface area (Å²) in [6.07, 6.45) is 0. The Hall–Kier alpha value is -1.70. The fourth-order valence-corrected chi connectivity index (χ4v) is 3.24. The quantitative estimate of drug-likeness (QED) is 0.639. The maximum atomic E-state index is 12.6. The summed E-state index contributed by atoms with van der Waals surface area (Å²) in [4.78, 5) is 2.11. The van der Waals surface area contributed by atoms with Crippen molar-refractivity contribution in [3.05, 3.63) is 58.1 Å². The molecule has 0 aliphatic rings. The number of methoxy groups -OCH3 is 1. The standard InChI is InChI=1S/C19H23BrF2N2O2/c1-24(2)12-16(14-7-5-4-6-8-14)23-11-13-9-15(20)18(26-19(21)22)17(10-13)25-3/h4-10,16,19,23H,11-12H2,1-3H3. The molecular weight excluding hydrogens is 406 g/mol. The summed E-state index contributed by atoms with van der Waals surface area (Å²) in [5, 5.41) is 3.52. The van der Waals surface area contributed by atoms with Crippen molar-refractivity contribution in [2.24, 2.45) is 0 Å². The first-order valence-electron chi connectivity index (χ1n) is 8.15. The molecule has 2 aromatic carbocycles. The Morgan fingerprint density at radius 2 is 1.85 bits per heavy atom. The lowest BCUT2D eigenvalue weighted by Crippen LogP contribution is -2.30. The van der Waals surface area contributed by atoms with Crippen LogP contribution in [0.3, 0.4) is 0 Å². The lowest BCUT2D eigenvalue weighted by atomic mass is 10.1. The molecule has 0 saturated carbocycles. The zero-order chi connectivity index (χ0) is 19.1. The Labute approximate surface area is 161 Å². The summed E-state index contributed by atoms with van der Waals surface area (Å²) in [5.74, 6) is 0.263. The van der Waals surface area contributed by atoms with Gasteiger partial charge in [0.1, 0.15) is 0 Å². The molecule has 7 heteroatoms. The summed E-state index contributed by atoms with van der Waals surface area (Å²) in [6.45, 7) is -1.53. The van der Waals surface area contributed by atoms with Gasteiger partial charge in [-0.3, -0.25) is 0 Å². The van der Waals surface area contributed by atoms with Gasteiger partial charge in [-0.25, -0.2) is 0 Å². The van der Waals surface area contributed by atoms with E-state index in [0.29, 0.717) is 11.0 Å². The molecule has 0 aromatic heterocycles. The topological polar surface area (TPSA) is 33.7 Å². The fourth-order valence-electron chi connectivity index (χ4n) is 2.66. The Bertz CT molecular complexity index is 699. The zero-order valence-corrected chi connectivity index (χ0v) is 16.6. The monoisotopic (exact) mass is 428 g/mol. The molecule has 0 bridgehead atoms. The number of hydrogen-bond acceptors (Lipinski definition) is 4. The molecule has 0 aliphatic heterocycles. The lowest BCUT2D eigenvalue weighted by Gasteiger charge is -2.23. The molecule has 1 unspecified atom stereocenters. The van der Waals surface area contributed by atoms with Crippen LogP contribution in [0.1, 0.15) is 17.2 Å². The Morgan fingerprint density at radius 3 is 2.42 bits per heavy atom. The van der Waals surface area contributed by atoms with Gasteiger partial charge >= 0.3 is 6.61 Å². The third-order valence-electron chi connectivity index (χ3n) is 3.80. The Kier molecular flexibility index (Phi) is 7.81. The average molecular weight is 429 g/mol.